The molecule has 0 radical (unpaired) electrons. The van der Waals surface area contributed by atoms with Crippen LogP contribution in [0.15, 0.2) is 0 Å². The van der Waals surface area contributed by atoms with Gasteiger partial charge in [0.05, 0.1) is 18.9 Å². The highest BCUT2D eigenvalue weighted by Gasteiger charge is 2.52. The largest absolute Gasteiger partial charge is 0.393 e. The van der Waals surface area contributed by atoms with Gasteiger partial charge in [0.2, 0.25) is 77.3 Å². The number of carbonyl (C=O) groups is 12. The third-order valence-corrected chi connectivity index (χ3v) is 23.4. The van der Waals surface area contributed by atoms with Gasteiger partial charge in [0.15, 0.2) is 0 Å². The summed E-state index contributed by atoms with van der Waals surface area (Å²) in [5, 5.41) is 7.11. The van der Waals surface area contributed by atoms with Gasteiger partial charge in [0.1, 0.15) is 59.9 Å². The summed E-state index contributed by atoms with van der Waals surface area (Å²) in [5.74, 6) is -12.3. The Hall–Kier alpha value is -6.42. The molecule has 102 heavy (non-hydrogen) atoms. The SMILES string of the molecule is CC[C@H](C)[C@@H]1NC(=O)[C@H](CC(C)C)N(C)C(=O)C[C@@H](C(=O)N(C)C)N(C)C(=O)[C@H]([C@@H](C)CC)N(C)C(=O)C2(CCCC2)NC(=O)[C@H](CCC(F)F)N(C)C(=O)[C@H](CCC2CCC(C(F)(F)F)C(Cl)C2)NC(=O)CN(C)C(=O)[C@H](CC2CCC(C)CC2)N(C)C(=O)[C@@H]2CCN2C(=O)[C@H](C)N(C)C1=O. The molecule has 0 aromatic carbocycles. The number of alkyl halides is 6. The van der Waals surface area contributed by atoms with Crippen LogP contribution in [0.5, 0.6) is 0 Å². The number of carbonyl (C=O) groups excluding carboxylic acids is 12. The van der Waals surface area contributed by atoms with Crippen molar-refractivity contribution in [1.82, 2.24) is 60.0 Å². The van der Waals surface area contributed by atoms with E-state index in [-0.39, 0.29) is 89.0 Å². The van der Waals surface area contributed by atoms with Crippen LogP contribution in [-0.2, 0) is 57.5 Å². The minimum Gasteiger partial charge on any atom is -0.347 e. The Bertz CT molecular complexity index is 2950. The summed E-state index contributed by atoms with van der Waals surface area (Å²) >= 11 is 6.37. The van der Waals surface area contributed by atoms with E-state index in [9.17, 15) is 55.5 Å². The van der Waals surface area contributed by atoms with Gasteiger partial charge in [0, 0.05) is 81.8 Å². The van der Waals surface area contributed by atoms with E-state index in [0.29, 0.717) is 25.2 Å². The highest BCUT2D eigenvalue weighted by Crippen LogP contribution is 2.44. The first-order valence-electron chi connectivity index (χ1n) is 36.8. The maximum absolute atomic E-state index is 15.5. The number of hydrogen-bond acceptors (Lipinski definition) is 12. The lowest BCUT2D eigenvalue weighted by Crippen LogP contribution is -2.65. The first kappa shape index (κ1) is 86.2. The Morgan fingerprint density at radius 3 is 1.75 bits per heavy atom. The zero-order valence-corrected chi connectivity index (χ0v) is 64.1. The molecule has 0 bridgehead atoms. The van der Waals surface area contributed by atoms with E-state index in [4.69, 9.17) is 11.6 Å². The molecule has 2 aliphatic heterocycles. The van der Waals surface area contributed by atoms with Gasteiger partial charge in [0.25, 0.3) is 0 Å². The molecule has 3 aliphatic carbocycles. The van der Waals surface area contributed by atoms with Crippen LogP contribution in [0, 0.1) is 41.4 Å². The monoisotopic (exact) mass is 1470 g/mol. The molecule has 5 aliphatic rings. The highest BCUT2D eigenvalue weighted by molar-refractivity contribution is 6.21. The number of hydrogen-bond donors (Lipinski definition) is 3. The molecule has 3 N–H and O–H groups in total. The Morgan fingerprint density at radius 2 is 1.23 bits per heavy atom. The van der Waals surface area contributed by atoms with Gasteiger partial charge in [-0.3, -0.25) is 57.5 Å². The van der Waals surface area contributed by atoms with Crippen LogP contribution >= 0.6 is 11.6 Å². The van der Waals surface area contributed by atoms with E-state index in [1.54, 1.807) is 20.8 Å². The first-order valence-corrected chi connectivity index (χ1v) is 37.3. The minimum absolute atomic E-state index is 0.000618. The molecular formula is C72H118ClF5N12O12. The maximum atomic E-state index is 15.5. The molecule has 14 atom stereocenters. The zero-order chi connectivity index (χ0) is 76.9. The fourth-order valence-electron chi connectivity index (χ4n) is 15.4. The molecule has 5 rings (SSSR count). The Kier molecular flexibility index (Phi) is 31.7. The van der Waals surface area contributed by atoms with E-state index in [2.05, 4.69) is 22.9 Å². The number of nitrogens with one attached hydrogen (secondary N) is 3. The summed E-state index contributed by atoms with van der Waals surface area (Å²) in [6, 6.07) is -12.2. The molecule has 580 valence electrons. The van der Waals surface area contributed by atoms with Crippen molar-refractivity contribution in [2.24, 2.45) is 41.4 Å². The molecule has 2 saturated heterocycles. The van der Waals surface area contributed by atoms with Crippen LogP contribution in [0.2, 0.25) is 0 Å². The Balaban J connectivity index is 1.66. The number of rotatable bonds is 15. The van der Waals surface area contributed by atoms with E-state index >= 15 is 24.0 Å². The lowest BCUT2D eigenvalue weighted by molar-refractivity contribution is -0.182. The topological polar surface area (TPSA) is 270 Å². The van der Waals surface area contributed by atoms with E-state index in [1.165, 1.54) is 99.8 Å². The van der Waals surface area contributed by atoms with E-state index in [0.717, 1.165) is 40.4 Å². The van der Waals surface area contributed by atoms with Crippen LogP contribution in [0.4, 0.5) is 22.0 Å². The Labute approximate surface area is 605 Å². The van der Waals surface area contributed by atoms with Crippen molar-refractivity contribution < 1.29 is 79.5 Å². The average Bonchev–Trinajstić information content (AvgIpc) is 1.30. The maximum Gasteiger partial charge on any atom is 0.393 e. The summed E-state index contributed by atoms with van der Waals surface area (Å²) < 4.78 is 71.0. The van der Waals surface area contributed by atoms with Crippen LogP contribution in [0.3, 0.4) is 0 Å². The van der Waals surface area contributed by atoms with Gasteiger partial charge in [-0.2, -0.15) is 13.2 Å². The third-order valence-electron chi connectivity index (χ3n) is 22.9. The molecule has 24 nitrogen and oxygen atoms in total. The van der Waals surface area contributed by atoms with Crippen LogP contribution < -0.4 is 16.0 Å². The highest BCUT2D eigenvalue weighted by atomic mass is 35.5. The second-order valence-corrected chi connectivity index (χ2v) is 31.5. The predicted molar refractivity (Wildman–Crippen MR) is 374 cm³/mol. The molecule has 5 fully saturated rings. The third kappa shape index (κ3) is 21.4. The molecule has 3 unspecified atom stereocenters. The van der Waals surface area contributed by atoms with Crippen molar-refractivity contribution in [3.63, 3.8) is 0 Å². The van der Waals surface area contributed by atoms with Crippen molar-refractivity contribution in [2.75, 3.05) is 76.5 Å². The van der Waals surface area contributed by atoms with E-state index in [1.807, 2.05) is 20.8 Å². The number of likely N-dealkylation sites (N-methyl/N-ethyl adjacent to an activating group) is 8. The molecule has 0 aromatic rings. The van der Waals surface area contributed by atoms with Crippen LogP contribution in [-0.4, -0.2) is 269 Å². The molecule has 12 amide bonds. The average molecular weight is 1470 g/mol. The molecule has 0 aromatic heterocycles. The normalized spacial score (nSPS) is 30.7. The lowest BCUT2D eigenvalue weighted by atomic mass is 9.78. The number of amides is 12. The summed E-state index contributed by atoms with van der Waals surface area (Å²) in [5.41, 5.74) is -1.80. The fourth-order valence-corrected chi connectivity index (χ4v) is 15.9. The standard InChI is InChI=1S/C72H118ClF5N12O12/c1-18-43(6)59-68(100)84(12)45(8)63(95)90-35-32-52(90)67(99)87(15)54(38-47-24-22-42(5)23-25-47)66(98)83(11)40-57(91)79-50(29-27-46-26-28-48(49(73)37-46)72(76,77)78)64(96)86(14)51(30-31-56(74)75)62(94)81-71(33-20-21-34-71)70(102)89(17)60(44(7)19-2)69(101)88(16)55(65(97)82(9)10)39-58(92)85(13)53(36-41(3)4)61(93)80-59/h41-56,59-60H,18-40H2,1-17H3,(H,79,91)(H,80,93)(H,81,94)/t42?,43-,44-,45-,46?,47?,48?,49?,50-,51-,52-,53-,54-,55-,59-,60-/m0/s1. The van der Waals surface area contributed by atoms with Crippen molar-refractivity contribution in [3.05, 3.63) is 0 Å². The lowest BCUT2D eigenvalue weighted by Gasteiger charge is -2.45. The van der Waals surface area contributed by atoms with Crippen molar-refractivity contribution >= 4 is 82.5 Å². The molecule has 30 heteroatoms. The zero-order valence-electron chi connectivity index (χ0n) is 63.3. The smallest absolute Gasteiger partial charge is 0.347 e. The number of nitrogens with zero attached hydrogens (tertiary/aromatic N) is 9. The summed E-state index contributed by atoms with van der Waals surface area (Å²) in [6.07, 6.45) is -5.32. The van der Waals surface area contributed by atoms with Crippen molar-refractivity contribution in [2.45, 2.75) is 268 Å². The number of fused-ring (bicyclic) bond motifs is 1. The molecule has 1 spiro atoms. The van der Waals surface area contributed by atoms with Gasteiger partial charge in [-0.15, -0.1) is 11.6 Å². The van der Waals surface area contributed by atoms with Gasteiger partial charge in [-0.1, -0.05) is 99.8 Å². The Morgan fingerprint density at radius 1 is 0.637 bits per heavy atom. The van der Waals surface area contributed by atoms with Crippen LogP contribution in [0.25, 0.3) is 0 Å². The van der Waals surface area contributed by atoms with E-state index < -0.39 is 198 Å². The summed E-state index contributed by atoms with van der Waals surface area (Å²) in [4.78, 5) is 190. The number of halogens is 6. The predicted octanol–water partition coefficient (Wildman–Crippen LogP) is 6.68. The van der Waals surface area contributed by atoms with Crippen molar-refractivity contribution in [1.29, 1.82) is 0 Å². The second-order valence-electron chi connectivity index (χ2n) is 30.9. The summed E-state index contributed by atoms with van der Waals surface area (Å²) in [6.45, 7) is 13.7. The van der Waals surface area contributed by atoms with Gasteiger partial charge < -0.3 is 60.0 Å². The van der Waals surface area contributed by atoms with Crippen molar-refractivity contribution in [3.8, 4) is 0 Å². The van der Waals surface area contributed by atoms with Gasteiger partial charge in [-0.25, -0.2) is 8.78 Å². The second kappa shape index (κ2) is 37.5. The summed E-state index contributed by atoms with van der Waals surface area (Å²) in [7, 11) is 12.3. The minimum atomic E-state index is -4.57. The molecule has 2 heterocycles. The van der Waals surface area contributed by atoms with Gasteiger partial charge in [-0.05, 0) is 113 Å². The van der Waals surface area contributed by atoms with Gasteiger partial charge >= 0.3 is 6.18 Å². The first-order chi connectivity index (χ1) is 47.5. The fraction of sp³-hybridized carbons (Fsp3) is 0.833. The quantitative estimate of drug-likeness (QED) is 0.114. The molecule has 3 saturated carbocycles. The molecular weight excluding hydrogens is 1360 g/mol. The van der Waals surface area contributed by atoms with Crippen LogP contribution in [0.1, 0.15) is 190 Å².